The lowest BCUT2D eigenvalue weighted by Gasteiger charge is -2.42. The molecule has 1 N–H and O–H groups in total. The van der Waals surface area contributed by atoms with Gasteiger partial charge < -0.3 is 14.4 Å². The summed E-state index contributed by atoms with van der Waals surface area (Å²) in [4.78, 5) is 55.4. The molecule has 10 heteroatoms. The molecule has 1 saturated heterocycles. The van der Waals surface area contributed by atoms with Gasteiger partial charge in [-0.05, 0) is 73.3 Å². The number of non-ortho nitro benzene ring substituents is 1. The summed E-state index contributed by atoms with van der Waals surface area (Å²) >= 11 is 0. The maximum Gasteiger partial charge on any atom is 0.329 e. The van der Waals surface area contributed by atoms with Crippen LogP contribution in [0, 0.1) is 10.1 Å². The third-order valence-electron chi connectivity index (χ3n) is 9.55. The molecule has 4 aromatic carbocycles. The molecule has 0 aliphatic carbocycles. The van der Waals surface area contributed by atoms with Gasteiger partial charge in [0.15, 0.2) is 6.10 Å². The third-order valence-corrected chi connectivity index (χ3v) is 9.55. The van der Waals surface area contributed by atoms with Crippen LogP contribution >= 0.6 is 0 Å². The number of hydrogen-bond acceptors (Lipinski definition) is 8. The van der Waals surface area contributed by atoms with E-state index in [0.717, 1.165) is 22.3 Å². The maximum atomic E-state index is 14.8. The van der Waals surface area contributed by atoms with Gasteiger partial charge in [0, 0.05) is 12.1 Å². The highest BCUT2D eigenvalue weighted by atomic mass is 16.6. The Bertz CT molecular complexity index is 1760. The first-order valence-corrected chi connectivity index (χ1v) is 17.2. The van der Waals surface area contributed by atoms with Crippen LogP contribution in [0.4, 0.5) is 5.69 Å². The van der Waals surface area contributed by atoms with Gasteiger partial charge in [0.05, 0.1) is 23.6 Å². The number of nitrogens with one attached hydrogen (secondary N) is 1. The van der Waals surface area contributed by atoms with Crippen molar-refractivity contribution in [3.05, 3.63) is 147 Å². The number of carbonyl (C=O) groups excluding carboxylic acids is 3. The van der Waals surface area contributed by atoms with E-state index in [1.165, 1.54) is 12.1 Å². The largest absolute Gasteiger partial charge is 0.465 e. The molecule has 2 aliphatic heterocycles. The molecule has 6 rings (SSSR count). The van der Waals surface area contributed by atoms with Crippen LogP contribution in [-0.2, 0) is 36.7 Å². The summed E-state index contributed by atoms with van der Waals surface area (Å²) in [5.41, 5.74) is 3.91. The summed E-state index contributed by atoms with van der Waals surface area (Å²) in [6.45, 7) is 1.92. The van der Waals surface area contributed by atoms with Gasteiger partial charge in [0.25, 0.3) is 5.69 Å². The molecule has 50 heavy (non-hydrogen) atoms. The SMILES string of the molecule is CCOC(=O)[C@H](CCc1ccccc1)N[C@@H]1Cc2ccc([N+](=O)[O-])cc2[C@@H]2CCC[C@H](C(=O)OC(c3ccccc3)c3ccccc3)N2C1=O. The molecular formula is C40H41N3O7. The average molecular weight is 676 g/mol. The molecule has 4 atom stereocenters. The molecule has 4 aromatic rings. The number of amides is 1. The van der Waals surface area contributed by atoms with E-state index < -0.39 is 47.1 Å². The van der Waals surface area contributed by atoms with Crippen molar-refractivity contribution >= 4 is 23.5 Å². The molecule has 0 bridgehead atoms. The van der Waals surface area contributed by atoms with Crippen LogP contribution in [0.2, 0.25) is 0 Å². The summed E-state index contributed by atoms with van der Waals surface area (Å²) in [5.74, 6) is -1.39. The van der Waals surface area contributed by atoms with Crippen molar-refractivity contribution in [2.45, 2.75) is 75.7 Å². The second-order valence-corrected chi connectivity index (χ2v) is 12.7. The molecule has 1 amide bonds. The van der Waals surface area contributed by atoms with E-state index in [2.05, 4.69) is 5.32 Å². The first-order chi connectivity index (χ1) is 24.3. The summed E-state index contributed by atoms with van der Waals surface area (Å²) in [6.07, 6.45) is 1.92. The van der Waals surface area contributed by atoms with E-state index in [1.807, 2.05) is 91.0 Å². The van der Waals surface area contributed by atoms with E-state index in [0.29, 0.717) is 37.7 Å². The van der Waals surface area contributed by atoms with Crippen LogP contribution in [0.5, 0.6) is 0 Å². The fraction of sp³-hybridized carbons (Fsp3) is 0.325. The Labute approximate surface area is 291 Å². The number of aryl methyl sites for hydroxylation is 1. The van der Waals surface area contributed by atoms with Gasteiger partial charge in [0.1, 0.15) is 12.1 Å². The van der Waals surface area contributed by atoms with Crippen LogP contribution in [-0.4, -0.2) is 52.4 Å². The smallest absolute Gasteiger partial charge is 0.329 e. The monoisotopic (exact) mass is 675 g/mol. The van der Waals surface area contributed by atoms with Crippen molar-refractivity contribution in [2.75, 3.05) is 6.61 Å². The predicted octanol–water partition coefficient (Wildman–Crippen LogP) is 6.43. The predicted molar refractivity (Wildman–Crippen MR) is 187 cm³/mol. The molecular weight excluding hydrogens is 634 g/mol. The Hall–Kier alpha value is -5.35. The number of esters is 2. The van der Waals surface area contributed by atoms with Crippen molar-refractivity contribution in [3.63, 3.8) is 0 Å². The normalized spacial score (nSPS) is 19.1. The molecule has 2 aliphatic rings. The van der Waals surface area contributed by atoms with E-state index in [4.69, 9.17) is 9.47 Å². The van der Waals surface area contributed by atoms with Gasteiger partial charge in [-0.2, -0.15) is 0 Å². The number of fused-ring (bicyclic) bond motifs is 3. The number of nitro groups is 1. The van der Waals surface area contributed by atoms with Crippen molar-refractivity contribution in [1.82, 2.24) is 10.2 Å². The van der Waals surface area contributed by atoms with Crippen LogP contribution in [0.15, 0.2) is 109 Å². The van der Waals surface area contributed by atoms with Crippen LogP contribution in [0.3, 0.4) is 0 Å². The van der Waals surface area contributed by atoms with Crippen molar-refractivity contribution in [2.24, 2.45) is 0 Å². The van der Waals surface area contributed by atoms with Gasteiger partial charge in [-0.15, -0.1) is 0 Å². The lowest BCUT2D eigenvalue weighted by Crippen LogP contribution is -2.57. The van der Waals surface area contributed by atoms with Gasteiger partial charge in [-0.1, -0.05) is 97.1 Å². The minimum absolute atomic E-state index is 0.0901. The van der Waals surface area contributed by atoms with Crippen molar-refractivity contribution in [3.8, 4) is 0 Å². The molecule has 258 valence electrons. The average Bonchev–Trinajstić information content (AvgIpc) is 3.26. The van der Waals surface area contributed by atoms with Crippen molar-refractivity contribution < 1.29 is 28.8 Å². The lowest BCUT2D eigenvalue weighted by atomic mass is 9.89. The number of nitrogens with zero attached hydrogens (tertiary/aromatic N) is 2. The second kappa shape index (κ2) is 15.9. The minimum Gasteiger partial charge on any atom is -0.465 e. The highest BCUT2D eigenvalue weighted by molar-refractivity contribution is 5.90. The Kier molecular flexibility index (Phi) is 11.0. The fourth-order valence-electron chi connectivity index (χ4n) is 7.14. The summed E-state index contributed by atoms with van der Waals surface area (Å²) in [6, 6.07) is 30.0. The summed E-state index contributed by atoms with van der Waals surface area (Å²) < 4.78 is 11.7. The topological polar surface area (TPSA) is 128 Å². The zero-order chi connectivity index (χ0) is 35.0. The highest BCUT2D eigenvalue weighted by Crippen LogP contribution is 2.41. The van der Waals surface area contributed by atoms with Gasteiger partial charge in [-0.25, -0.2) is 4.79 Å². The minimum atomic E-state index is -0.948. The number of piperidine rings is 1. The standard InChI is InChI=1S/C40H41N3O7/c1-2-49-39(45)33(24-21-27-13-6-3-7-14-27)41-34-25-30-22-23-31(43(47)48)26-32(30)35-19-12-20-36(42(35)38(34)44)40(46)50-37(28-15-8-4-9-16-28)29-17-10-5-11-18-29/h3-11,13-18,22-23,26,33-37,41H,2,12,19-21,24-25H2,1H3/t33-,34+,35-,36+/m0/s1. The number of ether oxygens (including phenoxy) is 2. The molecule has 2 heterocycles. The van der Waals surface area contributed by atoms with Crippen LogP contribution in [0.1, 0.15) is 72.6 Å². The highest BCUT2D eigenvalue weighted by Gasteiger charge is 2.46. The quantitative estimate of drug-likeness (QED) is 0.103. The Balaban J connectivity index is 1.35. The number of rotatable bonds is 12. The van der Waals surface area contributed by atoms with E-state index in [1.54, 1.807) is 17.9 Å². The molecule has 0 aromatic heterocycles. The Morgan fingerprint density at radius 3 is 2.18 bits per heavy atom. The van der Waals surface area contributed by atoms with Crippen molar-refractivity contribution in [1.29, 1.82) is 0 Å². The molecule has 10 nitrogen and oxygen atoms in total. The zero-order valence-electron chi connectivity index (χ0n) is 28.0. The molecule has 1 fully saturated rings. The number of hydrogen-bond donors (Lipinski definition) is 1. The number of carbonyl (C=O) groups is 3. The summed E-state index contributed by atoms with van der Waals surface area (Å²) in [7, 11) is 0. The fourth-order valence-corrected chi connectivity index (χ4v) is 7.14. The number of benzene rings is 4. The first kappa shape index (κ1) is 34.5. The molecule has 0 spiro atoms. The van der Waals surface area contributed by atoms with Crippen LogP contribution in [0.25, 0.3) is 0 Å². The van der Waals surface area contributed by atoms with Crippen LogP contribution < -0.4 is 5.32 Å². The second-order valence-electron chi connectivity index (χ2n) is 12.7. The Morgan fingerprint density at radius 1 is 0.920 bits per heavy atom. The molecule has 0 unspecified atom stereocenters. The van der Waals surface area contributed by atoms with E-state index in [9.17, 15) is 24.5 Å². The van der Waals surface area contributed by atoms with Gasteiger partial charge in [-0.3, -0.25) is 25.0 Å². The van der Waals surface area contributed by atoms with E-state index >= 15 is 0 Å². The van der Waals surface area contributed by atoms with E-state index in [-0.39, 0.29) is 24.6 Å². The number of nitro benzene ring substituents is 1. The maximum absolute atomic E-state index is 14.8. The summed E-state index contributed by atoms with van der Waals surface area (Å²) in [5, 5.41) is 15.2. The lowest BCUT2D eigenvalue weighted by molar-refractivity contribution is -0.385. The van der Waals surface area contributed by atoms with Gasteiger partial charge >= 0.3 is 11.9 Å². The first-order valence-electron chi connectivity index (χ1n) is 17.2. The molecule has 0 radical (unpaired) electrons. The Morgan fingerprint density at radius 2 is 1.56 bits per heavy atom. The van der Waals surface area contributed by atoms with Gasteiger partial charge in [0.2, 0.25) is 5.91 Å². The molecule has 0 saturated carbocycles. The zero-order valence-corrected chi connectivity index (χ0v) is 28.0. The third kappa shape index (κ3) is 7.76.